The van der Waals surface area contributed by atoms with Crippen LogP contribution in [0, 0.1) is 0 Å². The predicted octanol–water partition coefficient (Wildman–Crippen LogP) is 3.24. The zero-order valence-electron chi connectivity index (χ0n) is 13.0. The Labute approximate surface area is 132 Å². The molecule has 1 aliphatic carbocycles. The lowest BCUT2D eigenvalue weighted by atomic mass is 9.90. The van der Waals surface area contributed by atoms with Crippen molar-refractivity contribution in [1.82, 2.24) is 10.2 Å². The summed E-state index contributed by atoms with van der Waals surface area (Å²) in [5.74, 6) is 1.08. The number of hydrogen-bond acceptors (Lipinski definition) is 3. The van der Waals surface area contributed by atoms with Crippen molar-refractivity contribution in [2.45, 2.75) is 50.7 Å². The predicted molar refractivity (Wildman–Crippen MR) is 87.2 cm³/mol. The van der Waals surface area contributed by atoms with Gasteiger partial charge in [-0.25, -0.2) is 0 Å². The molecule has 4 heteroatoms. The molecule has 0 saturated heterocycles. The Kier molecular flexibility index (Phi) is 4.72. The Hall–Kier alpha value is -0.770. The van der Waals surface area contributed by atoms with E-state index >= 15 is 0 Å². The molecule has 116 valence electrons. The molecule has 3 nitrogen and oxygen atoms in total. The Balaban J connectivity index is 1.67. The molecule has 1 fully saturated rings. The standard InChI is InChI=1S/C17H25ClN2O/c1-19-15-3-5-16(6-4-15)20(2)11-13-10-14(18)9-12-7-8-21-17(12)13/h9-10,15-16,19H,3-8,11H2,1-2H3. The van der Waals surface area contributed by atoms with E-state index in [0.717, 1.165) is 30.3 Å². The van der Waals surface area contributed by atoms with Crippen LogP contribution in [0.4, 0.5) is 0 Å². The van der Waals surface area contributed by atoms with Gasteiger partial charge in [-0.05, 0) is 57.5 Å². The second kappa shape index (κ2) is 6.55. The Morgan fingerprint density at radius 2 is 2.05 bits per heavy atom. The van der Waals surface area contributed by atoms with Crippen LogP contribution < -0.4 is 10.1 Å². The molecule has 0 aromatic heterocycles. The first-order chi connectivity index (χ1) is 10.2. The van der Waals surface area contributed by atoms with Gasteiger partial charge in [-0.3, -0.25) is 4.90 Å². The third-order valence-electron chi connectivity index (χ3n) is 4.97. The first kappa shape index (κ1) is 15.1. The molecule has 0 spiro atoms. The van der Waals surface area contributed by atoms with Gasteiger partial charge in [-0.15, -0.1) is 0 Å². The molecule has 3 rings (SSSR count). The van der Waals surface area contributed by atoms with Crippen molar-refractivity contribution in [3.63, 3.8) is 0 Å². The lowest BCUT2D eigenvalue weighted by Gasteiger charge is -2.34. The van der Waals surface area contributed by atoms with E-state index < -0.39 is 0 Å². The second-order valence-corrected chi connectivity index (χ2v) is 6.80. The zero-order chi connectivity index (χ0) is 14.8. The van der Waals surface area contributed by atoms with Gasteiger partial charge in [0.1, 0.15) is 5.75 Å². The Morgan fingerprint density at radius 1 is 1.29 bits per heavy atom. The fourth-order valence-electron chi connectivity index (χ4n) is 3.67. The van der Waals surface area contributed by atoms with E-state index in [0.29, 0.717) is 12.1 Å². The highest BCUT2D eigenvalue weighted by Crippen LogP contribution is 2.34. The monoisotopic (exact) mass is 308 g/mol. The third-order valence-corrected chi connectivity index (χ3v) is 5.19. The number of nitrogens with one attached hydrogen (secondary N) is 1. The molecular weight excluding hydrogens is 284 g/mol. The highest BCUT2D eigenvalue weighted by atomic mass is 35.5. The van der Waals surface area contributed by atoms with Gasteiger partial charge in [-0.2, -0.15) is 0 Å². The van der Waals surface area contributed by atoms with Crippen LogP contribution in [0.25, 0.3) is 0 Å². The number of ether oxygens (including phenoxy) is 1. The van der Waals surface area contributed by atoms with Gasteiger partial charge in [0.2, 0.25) is 0 Å². The normalized spacial score (nSPS) is 25.0. The van der Waals surface area contributed by atoms with Crippen LogP contribution >= 0.6 is 11.6 Å². The molecule has 0 atom stereocenters. The quantitative estimate of drug-likeness (QED) is 0.924. The van der Waals surface area contributed by atoms with Crippen molar-refractivity contribution >= 4 is 11.6 Å². The zero-order valence-corrected chi connectivity index (χ0v) is 13.7. The smallest absolute Gasteiger partial charge is 0.127 e. The first-order valence-electron chi connectivity index (χ1n) is 7.99. The minimum Gasteiger partial charge on any atom is -0.493 e. The summed E-state index contributed by atoms with van der Waals surface area (Å²) in [6.45, 7) is 1.72. The van der Waals surface area contributed by atoms with Crippen LogP contribution in [0.2, 0.25) is 5.02 Å². The van der Waals surface area contributed by atoms with Crippen LogP contribution in [0.3, 0.4) is 0 Å². The van der Waals surface area contributed by atoms with E-state index in [1.54, 1.807) is 0 Å². The molecule has 1 aliphatic heterocycles. The number of halogens is 1. The van der Waals surface area contributed by atoms with Gasteiger partial charge in [0, 0.05) is 35.6 Å². The van der Waals surface area contributed by atoms with Crippen molar-refractivity contribution < 1.29 is 4.74 Å². The van der Waals surface area contributed by atoms with Crippen LogP contribution in [-0.4, -0.2) is 37.7 Å². The molecule has 0 radical (unpaired) electrons. The van der Waals surface area contributed by atoms with E-state index in [4.69, 9.17) is 16.3 Å². The molecular formula is C17H25ClN2O. The fourth-order valence-corrected chi connectivity index (χ4v) is 3.93. The molecule has 1 aromatic rings. The van der Waals surface area contributed by atoms with Gasteiger partial charge in [0.15, 0.2) is 0 Å². The summed E-state index contributed by atoms with van der Waals surface area (Å²) >= 11 is 6.25. The van der Waals surface area contributed by atoms with Crippen LogP contribution in [-0.2, 0) is 13.0 Å². The van der Waals surface area contributed by atoms with Crippen LogP contribution in [0.1, 0.15) is 36.8 Å². The van der Waals surface area contributed by atoms with E-state index in [1.165, 1.54) is 36.8 Å². The lowest BCUT2D eigenvalue weighted by molar-refractivity contribution is 0.168. The van der Waals surface area contributed by atoms with Crippen molar-refractivity contribution in [2.75, 3.05) is 20.7 Å². The van der Waals surface area contributed by atoms with Crippen molar-refractivity contribution in [3.8, 4) is 5.75 Å². The number of benzene rings is 1. The largest absolute Gasteiger partial charge is 0.493 e. The fraction of sp³-hybridized carbons (Fsp3) is 0.647. The van der Waals surface area contributed by atoms with Gasteiger partial charge < -0.3 is 10.1 Å². The molecule has 1 N–H and O–H groups in total. The summed E-state index contributed by atoms with van der Waals surface area (Å²) in [5, 5.41) is 4.23. The van der Waals surface area contributed by atoms with E-state index in [-0.39, 0.29) is 0 Å². The highest BCUT2D eigenvalue weighted by Gasteiger charge is 2.25. The highest BCUT2D eigenvalue weighted by molar-refractivity contribution is 6.30. The van der Waals surface area contributed by atoms with Crippen molar-refractivity contribution in [2.24, 2.45) is 0 Å². The maximum Gasteiger partial charge on any atom is 0.127 e. The second-order valence-electron chi connectivity index (χ2n) is 6.36. The SMILES string of the molecule is CNC1CCC(N(C)Cc2cc(Cl)cc3c2OCC3)CC1. The van der Waals surface area contributed by atoms with E-state index in [1.807, 2.05) is 6.07 Å². The third kappa shape index (κ3) is 3.36. The average molecular weight is 309 g/mol. The van der Waals surface area contributed by atoms with E-state index in [2.05, 4.69) is 30.4 Å². The molecule has 21 heavy (non-hydrogen) atoms. The van der Waals surface area contributed by atoms with E-state index in [9.17, 15) is 0 Å². The maximum absolute atomic E-state index is 6.25. The minimum absolute atomic E-state index is 0.672. The Bertz CT molecular complexity index is 498. The molecule has 2 aliphatic rings. The van der Waals surface area contributed by atoms with Crippen molar-refractivity contribution in [1.29, 1.82) is 0 Å². The number of hydrogen-bond donors (Lipinski definition) is 1. The average Bonchev–Trinajstić information content (AvgIpc) is 2.95. The number of rotatable bonds is 4. The van der Waals surface area contributed by atoms with Gasteiger partial charge in [0.25, 0.3) is 0 Å². The lowest BCUT2D eigenvalue weighted by Crippen LogP contribution is -2.39. The van der Waals surface area contributed by atoms with Gasteiger partial charge >= 0.3 is 0 Å². The Morgan fingerprint density at radius 3 is 2.76 bits per heavy atom. The molecule has 0 bridgehead atoms. The van der Waals surface area contributed by atoms with Gasteiger partial charge in [-0.1, -0.05) is 11.6 Å². The maximum atomic E-state index is 6.25. The summed E-state index contributed by atoms with van der Waals surface area (Å²) in [4.78, 5) is 2.47. The molecule has 0 amide bonds. The summed E-state index contributed by atoms with van der Waals surface area (Å²) in [5.41, 5.74) is 2.51. The summed E-state index contributed by atoms with van der Waals surface area (Å²) in [6, 6.07) is 5.49. The summed E-state index contributed by atoms with van der Waals surface area (Å²) in [7, 11) is 4.30. The van der Waals surface area contributed by atoms with Crippen LogP contribution in [0.5, 0.6) is 5.75 Å². The summed E-state index contributed by atoms with van der Waals surface area (Å²) < 4.78 is 5.81. The summed E-state index contributed by atoms with van der Waals surface area (Å²) in [6.07, 6.45) is 6.07. The molecule has 1 aromatic carbocycles. The first-order valence-corrected chi connectivity index (χ1v) is 8.36. The number of nitrogens with zero attached hydrogens (tertiary/aromatic N) is 1. The number of fused-ring (bicyclic) bond motifs is 1. The van der Waals surface area contributed by atoms with Crippen LogP contribution in [0.15, 0.2) is 12.1 Å². The van der Waals surface area contributed by atoms with Gasteiger partial charge in [0.05, 0.1) is 6.61 Å². The molecule has 0 unspecified atom stereocenters. The molecule has 1 saturated carbocycles. The van der Waals surface area contributed by atoms with Crippen molar-refractivity contribution in [3.05, 3.63) is 28.3 Å². The topological polar surface area (TPSA) is 24.5 Å². The molecule has 1 heterocycles. The minimum atomic E-state index is 0.672.